The van der Waals surface area contributed by atoms with Crippen molar-refractivity contribution in [3.63, 3.8) is 0 Å². The third-order valence-electron chi connectivity index (χ3n) is 3.25. The minimum atomic E-state index is -0.544. The largest absolute Gasteiger partial charge is 0.396 e. The minimum Gasteiger partial charge on any atom is -0.396 e. The van der Waals surface area contributed by atoms with Gasteiger partial charge in [-0.15, -0.1) is 0 Å². The Bertz CT molecular complexity index is 333. The maximum absolute atomic E-state index is 12.9. The van der Waals surface area contributed by atoms with E-state index in [0.29, 0.717) is 12.0 Å². The molecule has 0 bridgehead atoms. The molecule has 0 aromatic heterocycles. The lowest BCUT2D eigenvalue weighted by Gasteiger charge is -2.40. The Morgan fingerprint density at radius 3 is 2.13 bits per heavy atom. The molecule has 82 valence electrons. The predicted octanol–water partition coefficient (Wildman–Crippen LogP) is 2.67. The van der Waals surface area contributed by atoms with Gasteiger partial charge in [0.2, 0.25) is 0 Å². The molecule has 0 heterocycles. The summed E-state index contributed by atoms with van der Waals surface area (Å²) in [6.07, 6.45) is 3.56. The first-order chi connectivity index (χ1) is 7.13. The molecule has 0 unspecified atom stereocenters. The highest BCUT2D eigenvalue weighted by molar-refractivity contribution is 5.20. The molecule has 1 nitrogen and oxygen atoms in total. The number of halogens is 2. The van der Waals surface area contributed by atoms with E-state index in [1.165, 1.54) is 12.1 Å². The summed E-state index contributed by atoms with van der Waals surface area (Å²) >= 11 is 0. The third-order valence-corrected chi connectivity index (χ3v) is 3.25. The van der Waals surface area contributed by atoms with Gasteiger partial charge in [-0.25, -0.2) is 8.78 Å². The van der Waals surface area contributed by atoms with Crippen molar-refractivity contribution in [2.75, 3.05) is 6.61 Å². The summed E-state index contributed by atoms with van der Waals surface area (Å²) in [7, 11) is 0. The topological polar surface area (TPSA) is 20.2 Å². The molecule has 1 N–H and O–H groups in total. The predicted molar refractivity (Wildman–Crippen MR) is 53.4 cm³/mol. The Labute approximate surface area is 87.7 Å². The summed E-state index contributed by atoms with van der Waals surface area (Å²) in [5.41, 5.74) is 0.515. The van der Waals surface area contributed by atoms with Crippen molar-refractivity contribution in [2.45, 2.75) is 25.7 Å². The fraction of sp³-hybridized carbons (Fsp3) is 0.500. The molecule has 2 rings (SSSR count). The molecule has 0 saturated heterocycles. The van der Waals surface area contributed by atoms with Gasteiger partial charge in [-0.05, 0) is 42.4 Å². The highest BCUT2D eigenvalue weighted by Crippen LogP contribution is 2.43. The van der Waals surface area contributed by atoms with E-state index >= 15 is 0 Å². The SMILES string of the molecule is OCC1(Cc2cc(F)cc(F)c2)CCC1. The van der Waals surface area contributed by atoms with Crippen LogP contribution >= 0.6 is 0 Å². The van der Waals surface area contributed by atoms with Crippen LogP contribution in [-0.4, -0.2) is 11.7 Å². The van der Waals surface area contributed by atoms with Gasteiger partial charge >= 0.3 is 0 Å². The molecule has 1 aliphatic carbocycles. The number of aliphatic hydroxyl groups is 1. The van der Waals surface area contributed by atoms with Crippen molar-refractivity contribution in [1.82, 2.24) is 0 Å². The Hall–Kier alpha value is -0.960. The Morgan fingerprint density at radius 2 is 1.73 bits per heavy atom. The fourth-order valence-electron chi connectivity index (χ4n) is 2.21. The summed E-state index contributed by atoms with van der Waals surface area (Å²) < 4.78 is 25.9. The van der Waals surface area contributed by atoms with E-state index in [1.807, 2.05) is 0 Å². The molecule has 0 spiro atoms. The number of aliphatic hydroxyl groups excluding tert-OH is 1. The first kappa shape index (κ1) is 10.6. The maximum Gasteiger partial charge on any atom is 0.126 e. The van der Waals surface area contributed by atoms with Crippen LogP contribution in [0.1, 0.15) is 24.8 Å². The van der Waals surface area contributed by atoms with Gasteiger partial charge in [-0.3, -0.25) is 0 Å². The number of rotatable bonds is 3. The zero-order chi connectivity index (χ0) is 10.9. The summed E-state index contributed by atoms with van der Waals surface area (Å²) in [6, 6.07) is 3.56. The van der Waals surface area contributed by atoms with Gasteiger partial charge in [-0.2, -0.15) is 0 Å². The number of benzene rings is 1. The number of hydrogen-bond donors (Lipinski definition) is 1. The van der Waals surface area contributed by atoms with Gasteiger partial charge < -0.3 is 5.11 Å². The molecule has 3 heteroatoms. The molecular weight excluding hydrogens is 198 g/mol. The van der Waals surface area contributed by atoms with E-state index in [1.54, 1.807) is 0 Å². The van der Waals surface area contributed by atoms with E-state index in [9.17, 15) is 13.9 Å². The number of hydrogen-bond acceptors (Lipinski definition) is 1. The van der Waals surface area contributed by atoms with Crippen LogP contribution in [0.3, 0.4) is 0 Å². The molecule has 1 saturated carbocycles. The molecule has 0 aliphatic heterocycles. The van der Waals surface area contributed by atoms with E-state index in [4.69, 9.17) is 0 Å². The molecular formula is C12H14F2O. The average molecular weight is 212 g/mol. The van der Waals surface area contributed by atoms with Gasteiger partial charge in [0.05, 0.1) is 0 Å². The molecule has 1 aromatic rings. The van der Waals surface area contributed by atoms with Gasteiger partial charge in [0.1, 0.15) is 11.6 Å². The Kier molecular flexibility index (Phi) is 2.74. The normalized spacial score (nSPS) is 18.6. The summed E-state index contributed by atoms with van der Waals surface area (Å²) in [6.45, 7) is 0.102. The van der Waals surface area contributed by atoms with Gasteiger partial charge in [0.25, 0.3) is 0 Å². The van der Waals surface area contributed by atoms with Crippen molar-refractivity contribution in [3.05, 3.63) is 35.4 Å². The van der Waals surface area contributed by atoms with Gasteiger partial charge in [0.15, 0.2) is 0 Å². The lowest BCUT2D eigenvalue weighted by atomic mass is 9.66. The monoisotopic (exact) mass is 212 g/mol. The van der Waals surface area contributed by atoms with E-state index in [2.05, 4.69) is 0 Å². The quantitative estimate of drug-likeness (QED) is 0.816. The maximum atomic E-state index is 12.9. The molecule has 1 aromatic carbocycles. The minimum absolute atomic E-state index is 0.102. The van der Waals surface area contributed by atoms with Gasteiger partial charge in [0, 0.05) is 12.7 Å². The smallest absolute Gasteiger partial charge is 0.126 e. The Morgan fingerprint density at radius 1 is 1.13 bits per heavy atom. The van der Waals surface area contributed by atoms with Crippen molar-refractivity contribution >= 4 is 0 Å². The zero-order valence-corrected chi connectivity index (χ0v) is 8.47. The van der Waals surface area contributed by atoms with E-state index < -0.39 is 11.6 Å². The van der Waals surface area contributed by atoms with Crippen LogP contribution in [0, 0.1) is 17.0 Å². The van der Waals surface area contributed by atoms with Gasteiger partial charge in [-0.1, -0.05) is 6.42 Å². The second-order valence-electron chi connectivity index (χ2n) is 4.47. The highest BCUT2D eigenvalue weighted by atomic mass is 19.1. The second-order valence-corrected chi connectivity index (χ2v) is 4.47. The lowest BCUT2D eigenvalue weighted by molar-refractivity contribution is 0.0449. The summed E-state index contributed by atoms with van der Waals surface area (Å²) in [5, 5.41) is 9.25. The Balaban J connectivity index is 2.16. The van der Waals surface area contributed by atoms with Crippen LogP contribution in [-0.2, 0) is 6.42 Å². The third kappa shape index (κ3) is 2.17. The average Bonchev–Trinajstić information content (AvgIpc) is 2.10. The van der Waals surface area contributed by atoms with Crippen LogP contribution in [0.4, 0.5) is 8.78 Å². The molecule has 1 aliphatic rings. The van der Waals surface area contributed by atoms with E-state index in [-0.39, 0.29) is 12.0 Å². The standard InChI is InChI=1S/C12H14F2O/c13-10-4-9(5-11(14)6-10)7-12(8-15)2-1-3-12/h4-6,15H,1-3,7-8H2. The molecule has 0 amide bonds. The highest BCUT2D eigenvalue weighted by Gasteiger charge is 2.36. The van der Waals surface area contributed by atoms with Crippen LogP contribution in [0.25, 0.3) is 0 Å². The molecule has 1 fully saturated rings. The first-order valence-corrected chi connectivity index (χ1v) is 5.19. The van der Waals surface area contributed by atoms with Crippen LogP contribution in [0.5, 0.6) is 0 Å². The van der Waals surface area contributed by atoms with Crippen LogP contribution in [0.2, 0.25) is 0 Å². The van der Waals surface area contributed by atoms with Crippen LogP contribution in [0.15, 0.2) is 18.2 Å². The molecule has 0 radical (unpaired) electrons. The summed E-state index contributed by atoms with van der Waals surface area (Å²) in [5.74, 6) is -1.09. The van der Waals surface area contributed by atoms with Crippen molar-refractivity contribution in [3.8, 4) is 0 Å². The molecule has 0 atom stereocenters. The summed E-state index contributed by atoms with van der Waals surface area (Å²) in [4.78, 5) is 0. The van der Waals surface area contributed by atoms with Crippen molar-refractivity contribution in [2.24, 2.45) is 5.41 Å². The lowest BCUT2D eigenvalue weighted by Crippen LogP contribution is -2.35. The van der Waals surface area contributed by atoms with Crippen molar-refractivity contribution < 1.29 is 13.9 Å². The van der Waals surface area contributed by atoms with Crippen LogP contribution < -0.4 is 0 Å². The van der Waals surface area contributed by atoms with Crippen molar-refractivity contribution in [1.29, 1.82) is 0 Å². The van der Waals surface area contributed by atoms with E-state index in [0.717, 1.165) is 25.3 Å². The first-order valence-electron chi connectivity index (χ1n) is 5.19. The second kappa shape index (κ2) is 3.89. The molecule has 15 heavy (non-hydrogen) atoms. The zero-order valence-electron chi connectivity index (χ0n) is 8.47. The fourth-order valence-corrected chi connectivity index (χ4v) is 2.21.